The van der Waals surface area contributed by atoms with Crippen LogP contribution < -0.4 is 10.1 Å². The normalized spacial score (nSPS) is 17.1. The monoisotopic (exact) mass is 344 g/mol. The number of hydrogen-bond donors (Lipinski definition) is 1. The van der Waals surface area contributed by atoms with Crippen molar-refractivity contribution in [2.75, 3.05) is 19.3 Å². The van der Waals surface area contributed by atoms with E-state index in [0.29, 0.717) is 6.61 Å². The maximum Gasteiger partial charge on any atom is 0.169 e. The number of para-hydroxylation sites is 1. The van der Waals surface area contributed by atoms with Crippen LogP contribution in [0.25, 0.3) is 0 Å². The van der Waals surface area contributed by atoms with Crippen LogP contribution in [0.1, 0.15) is 16.5 Å². The van der Waals surface area contributed by atoms with Gasteiger partial charge in [-0.05, 0) is 23.8 Å². The third-order valence-corrected chi connectivity index (χ3v) is 5.47. The molecule has 1 fully saturated rings. The second-order valence-electron chi connectivity index (χ2n) is 5.28. The van der Waals surface area contributed by atoms with E-state index in [1.807, 2.05) is 49.1 Å². The second kappa shape index (κ2) is 7.70. The van der Waals surface area contributed by atoms with Crippen LogP contribution in [0, 0.1) is 0 Å². The topological polar surface area (TPSA) is 24.5 Å². The van der Waals surface area contributed by atoms with Crippen LogP contribution in [0.15, 0.2) is 54.6 Å². The van der Waals surface area contributed by atoms with E-state index in [-0.39, 0.29) is 5.37 Å². The van der Waals surface area contributed by atoms with Gasteiger partial charge in [-0.15, -0.1) is 11.8 Å². The van der Waals surface area contributed by atoms with Gasteiger partial charge in [0.15, 0.2) is 5.11 Å². The van der Waals surface area contributed by atoms with E-state index in [4.69, 9.17) is 17.0 Å². The summed E-state index contributed by atoms with van der Waals surface area (Å²) in [7, 11) is 1.88. The molecule has 120 valence electrons. The van der Waals surface area contributed by atoms with E-state index in [1.54, 1.807) is 0 Å². The zero-order valence-corrected chi connectivity index (χ0v) is 14.7. The van der Waals surface area contributed by atoms with Crippen LogP contribution in [0.3, 0.4) is 0 Å². The minimum Gasteiger partial charge on any atom is -0.489 e. The highest BCUT2D eigenvalue weighted by atomic mass is 32.2. The standard InChI is InChI=1S/C18H20N2OS2/c1-19-18(22)20-11-12-23-17(20)15-9-5-6-10-16(15)21-13-14-7-3-2-4-8-14/h2-10,17H,11-13H2,1H3,(H,19,22). The molecule has 1 aliphatic heterocycles. The fourth-order valence-electron chi connectivity index (χ4n) is 2.63. The fraction of sp³-hybridized carbons (Fsp3) is 0.278. The van der Waals surface area contributed by atoms with Gasteiger partial charge in [0.25, 0.3) is 0 Å². The van der Waals surface area contributed by atoms with Crippen LogP contribution in [-0.2, 0) is 6.61 Å². The molecule has 0 radical (unpaired) electrons. The van der Waals surface area contributed by atoms with Gasteiger partial charge in [-0.2, -0.15) is 0 Å². The number of thiocarbonyl (C=S) groups is 1. The lowest BCUT2D eigenvalue weighted by molar-refractivity contribution is 0.298. The van der Waals surface area contributed by atoms with Crippen molar-refractivity contribution in [1.82, 2.24) is 10.2 Å². The summed E-state index contributed by atoms with van der Waals surface area (Å²) in [5.74, 6) is 2.00. The van der Waals surface area contributed by atoms with Gasteiger partial charge < -0.3 is 15.0 Å². The number of benzene rings is 2. The molecular formula is C18H20N2OS2. The van der Waals surface area contributed by atoms with Crippen LogP contribution in [0.2, 0.25) is 0 Å². The number of rotatable bonds is 4. The Kier molecular flexibility index (Phi) is 5.41. The number of nitrogens with zero attached hydrogens (tertiary/aromatic N) is 1. The summed E-state index contributed by atoms with van der Waals surface area (Å²) in [6.07, 6.45) is 0. The lowest BCUT2D eigenvalue weighted by Crippen LogP contribution is -2.37. The highest BCUT2D eigenvalue weighted by Gasteiger charge is 2.30. The van der Waals surface area contributed by atoms with Gasteiger partial charge >= 0.3 is 0 Å². The molecule has 3 rings (SSSR count). The molecule has 1 heterocycles. The average Bonchev–Trinajstić information content (AvgIpc) is 3.10. The fourth-order valence-corrected chi connectivity index (χ4v) is 4.18. The summed E-state index contributed by atoms with van der Waals surface area (Å²) in [6, 6.07) is 18.5. The van der Waals surface area contributed by atoms with E-state index in [2.05, 4.69) is 34.5 Å². The molecule has 1 atom stereocenters. The quantitative estimate of drug-likeness (QED) is 0.850. The van der Waals surface area contributed by atoms with Crippen molar-refractivity contribution in [3.63, 3.8) is 0 Å². The van der Waals surface area contributed by atoms with Crippen molar-refractivity contribution >= 4 is 29.1 Å². The number of thioether (sulfide) groups is 1. The number of ether oxygens (including phenoxy) is 1. The van der Waals surface area contributed by atoms with Gasteiger partial charge in [0, 0.05) is 24.9 Å². The Balaban J connectivity index is 1.79. The van der Waals surface area contributed by atoms with Crippen molar-refractivity contribution in [2.45, 2.75) is 12.0 Å². The summed E-state index contributed by atoms with van der Waals surface area (Å²) in [4.78, 5) is 2.23. The van der Waals surface area contributed by atoms with E-state index >= 15 is 0 Å². The second-order valence-corrected chi connectivity index (χ2v) is 6.86. The molecule has 0 saturated carbocycles. The number of nitrogens with one attached hydrogen (secondary N) is 1. The Morgan fingerprint density at radius 1 is 1.22 bits per heavy atom. The molecule has 23 heavy (non-hydrogen) atoms. The summed E-state index contributed by atoms with van der Waals surface area (Å²) < 4.78 is 6.09. The van der Waals surface area contributed by atoms with Gasteiger partial charge in [0.1, 0.15) is 17.7 Å². The lowest BCUT2D eigenvalue weighted by Gasteiger charge is -2.27. The molecular weight excluding hydrogens is 324 g/mol. The van der Waals surface area contributed by atoms with Gasteiger partial charge in [0.2, 0.25) is 0 Å². The molecule has 2 aromatic carbocycles. The van der Waals surface area contributed by atoms with Gasteiger partial charge in [-0.1, -0.05) is 48.5 Å². The van der Waals surface area contributed by atoms with Crippen LogP contribution in [0.5, 0.6) is 5.75 Å². The summed E-state index contributed by atoms with van der Waals surface area (Å²) in [5, 5.41) is 4.09. The molecule has 0 bridgehead atoms. The highest BCUT2D eigenvalue weighted by molar-refractivity contribution is 7.99. The molecule has 3 nitrogen and oxygen atoms in total. The molecule has 5 heteroatoms. The zero-order chi connectivity index (χ0) is 16.1. The smallest absolute Gasteiger partial charge is 0.169 e. The molecule has 0 aliphatic carbocycles. The Morgan fingerprint density at radius 3 is 2.74 bits per heavy atom. The van der Waals surface area contributed by atoms with Crippen molar-refractivity contribution in [2.24, 2.45) is 0 Å². The van der Waals surface area contributed by atoms with Crippen molar-refractivity contribution in [3.8, 4) is 5.75 Å². The Morgan fingerprint density at radius 2 is 1.96 bits per heavy atom. The Labute approximate surface area is 147 Å². The van der Waals surface area contributed by atoms with Crippen LogP contribution in [0.4, 0.5) is 0 Å². The van der Waals surface area contributed by atoms with E-state index in [0.717, 1.165) is 23.2 Å². The van der Waals surface area contributed by atoms with Crippen molar-refractivity contribution in [3.05, 3.63) is 65.7 Å². The summed E-state index contributed by atoms with van der Waals surface area (Å²) in [5.41, 5.74) is 2.35. The minimum absolute atomic E-state index is 0.210. The molecule has 2 aromatic rings. The van der Waals surface area contributed by atoms with Crippen molar-refractivity contribution < 1.29 is 4.74 Å². The third-order valence-electron chi connectivity index (χ3n) is 3.79. The largest absolute Gasteiger partial charge is 0.489 e. The first-order valence-electron chi connectivity index (χ1n) is 7.65. The predicted molar refractivity (Wildman–Crippen MR) is 101 cm³/mol. The van der Waals surface area contributed by atoms with E-state index in [1.165, 1.54) is 11.1 Å². The van der Waals surface area contributed by atoms with Crippen molar-refractivity contribution in [1.29, 1.82) is 0 Å². The molecule has 0 aromatic heterocycles. The summed E-state index contributed by atoms with van der Waals surface area (Å²) >= 11 is 7.34. The molecule has 0 spiro atoms. The minimum atomic E-state index is 0.210. The first-order valence-corrected chi connectivity index (χ1v) is 9.11. The molecule has 1 saturated heterocycles. The number of hydrogen-bond acceptors (Lipinski definition) is 3. The molecule has 0 amide bonds. The average molecular weight is 345 g/mol. The highest BCUT2D eigenvalue weighted by Crippen LogP contribution is 2.41. The maximum absolute atomic E-state index is 6.09. The lowest BCUT2D eigenvalue weighted by atomic mass is 10.2. The third kappa shape index (κ3) is 3.79. The van der Waals surface area contributed by atoms with E-state index < -0.39 is 0 Å². The van der Waals surface area contributed by atoms with Gasteiger partial charge in [-0.25, -0.2) is 0 Å². The SMILES string of the molecule is CNC(=S)N1CCSC1c1ccccc1OCc1ccccc1. The molecule has 1 aliphatic rings. The van der Waals surface area contributed by atoms with Gasteiger partial charge in [-0.3, -0.25) is 0 Å². The predicted octanol–water partition coefficient (Wildman–Crippen LogP) is 3.82. The summed E-state index contributed by atoms with van der Waals surface area (Å²) in [6.45, 7) is 1.54. The first-order chi connectivity index (χ1) is 11.3. The molecule has 1 unspecified atom stereocenters. The van der Waals surface area contributed by atoms with Crippen LogP contribution in [-0.4, -0.2) is 29.4 Å². The first kappa shape index (κ1) is 16.1. The molecule has 1 N–H and O–H groups in total. The zero-order valence-electron chi connectivity index (χ0n) is 13.1. The van der Waals surface area contributed by atoms with Gasteiger partial charge in [0.05, 0.1) is 0 Å². The van der Waals surface area contributed by atoms with E-state index in [9.17, 15) is 0 Å². The maximum atomic E-state index is 6.09. The Hall–Kier alpha value is -1.72. The Bertz CT molecular complexity index is 663. The van der Waals surface area contributed by atoms with Crippen LogP contribution >= 0.6 is 24.0 Å².